The van der Waals surface area contributed by atoms with E-state index in [0.717, 1.165) is 11.4 Å². The van der Waals surface area contributed by atoms with Gasteiger partial charge in [0, 0.05) is 13.2 Å². The molecule has 16 heavy (non-hydrogen) atoms. The topological polar surface area (TPSA) is 52.7 Å². The zero-order chi connectivity index (χ0) is 11.7. The molecule has 2 heterocycles. The molecule has 0 atom stereocenters. The van der Waals surface area contributed by atoms with Gasteiger partial charge in [-0.1, -0.05) is 0 Å². The van der Waals surface area contributed by atoms with Crippen LogP contribution in [0.3, 0.4) is 0 Å². The Morgan fingerprint density at radius 3 is 2.88 bits per heavy atom. The summed E-state index contributed by atoms with van der Waals surface area (Å²) in [5.74, 6) is 0. The van der Waals surface area contributed by atoms with E-state index in [1.54, 1.807) is 9.25 Å². The summed E-state index contributed by atoms with van der Waals surface area (Å²) >= 11 is 3.16. The summed E-state index contributed by atoms with van der Waals surface area (Å²) in [6.07, 6.45) is 3.02. The lowest BCUT2D eigenvalue weighted by atomic mass is 10.3. The highest BCUT2D eigenvalue weighted by Crippen LogP contribution is 2.04. The van der Waals surface area contributed by atoms with Crippen LogP contribution in [-0.4, -0.2) is 19.3 Å². The number of hydrogen-bond donors (Lipinski definition) is 0. The van der Waals surface area contributed by atoms with E-state index in [9.17, 15) is 4.79 Å². The maximum absolute atomic E-state index is 11.7. The predicted octanol–water partition coefficient (Wildman–Crippen LogP) is 1.10. The fourth-order valence-corrected chi connectivity index (χ4v) is 1.87. The molecular formula is C10H11BrN4O. The zero-order valence-corrected chi connectivity index (χ0v) is 10.6. The van der Waals surface area contributed by atoms with Crippen molar-refractivity contribution in [2.24, 2.45) is 7.05 Å². The number of hydrogen-bond acceptors (Lipinski definition) is 3. The van der Waals surface area contributed by atoms with Crippen LogP contribution in [0, 0.1) is 6.92 Å². The Labute approximate surface area is 101 Å². The van der Waals surface area contributed by atoms with Gasteiger partial charge in [0.05, 0.1) is 24.3 Å². The van der Waals surface area contributed by atoms with Crippen molar-refractivity contribution in [3.8, 4) is 0 Å². The molecule has 0 aliphatic heterocycles. The van der Waals surface area contributed by atoms with Crippen LogP contribution in [0.1, 0.15) is 11.4 Å². The molecule has 0 amide bonds. The van der Waals surface area contributed by atoms with E-state index in [2.05, 4.69) is 26.0 Å². The van der Waals surface area contributed by atoms with Crippen LogP contribution in [-0.2, 0) is 13.6 Å². The highest BCUT2D eigenvalue weighted by Gasteiger charge is 2.05. The van der Waals surface area contributed by atoms with Crippen LogP contribution in [0.15, 0.2) is 27.9 Å². The lowest BCUT2D eigenvalue weighted by Gasteiger charge is -2.05. The summed E-state index contributed by atoms with van der Waals surface area (Å²) < 4.78 is 3.78. The van der Waals surface area contributed by atoms with E-state index in [0.29, 0.717) is 11.0 Å². The highest BCUT2D eigenvalue weighted by atomic mass is 79.9. The summed E-state index contributed by atoms with van der Waals surface area (Å²) in [6.45, 7) is 2.40. The minimum atomic E-state index is -0.0890. The molecule has 5 nitrogen and oxygen atoms in total. The Bertz CT molecular complexity index is 572. The Balaban J connectivity index is 2.38. The molecule has 0 radical (unpaired) electrons. The SMILES string of the molecule is Cc1cc(Cn2cncc(Br)c2=O)n(C)n1. The predicted molar refractivity (Wildman–Crippen MR) is 63.2 cm³/mol. The first-order chi connectivity index (χ1) is 7.58. The number of rotatable bonds is 2. The van der Waals surface area contributed by atoms with Crippen LogP contribution in [0.4, 0.5) is 0 Å². The first kappa shape index (κ1) is 11.1. The number of halogens is 1. The van der Waals surface area contributed by atoms with E-state index >= 15 is 0 Å². The van der Waals surface area contributed by atoms with Crippen LogP contribution in [0.2, 0.25) is 0 Å². The largest absolute Gasteiger partial charge is 0.292 e. The smallest absolute Gasteiger partial charge is 0.267 e. The van der Waals surface area contributed by atoms with Gasteiger partial charge in [0.1, 0.15) is 4.47 Å². The molecule has 0 aromatic carbocycles. The van der Waals surface area contributed by atoms with Gasteiger partial charge in [0.2, 0.25) is 0 Å². The quantitative estimate of drug-likeness (QED) is 0.829. The molecule has 0 N–H and O–H groups in total. The molecular weight excluding hydrogens is 272 g/mol. The first-order valence-electron chi connectivity index (χ1n) is 4.77. The summed E-state index contributed by atoms with van der Waals surface area (Å²) in [6, 6.07) is 1.95. The van der Waals surface area contributed by atoms with Gasteiger partial charge in [-0.2, -0.15) is 5.10 Å². The molecule has 0 unspecified atom stereocenters. The second-order valence-electron chi connectivity index (χ2n) is 3.58. The molecule has 0 aliphatic carbocycles. The maximum atomic E-state index is 11.7. The van der Waals surface area contributed by atoms with E-state index in [1.165, 1.54) is 12.5 Å². The fourth-order valence-electron chi connectivity index (χ4n) is 1.52. The van der Waals surface area contributed by atoms with Gasteiger partial charge in [-0.05, 0) is 28.9 Å². The van der Waals surface area contributed by atoms with E-state index < -0.39 is 0 Å². The molecule has 2 aromatic rings. The van der Waals surface area contributed by atoms with Gasteiger partial charge in [-0.25, -0.2) is 4.98 Å². The Morgan fingerprint density at radius 2 is 2.25 bits per heavy atom. The van der Waals surface area contributed by atoms with Crippen molar-refractivity contribution in [3.63, 3.8) is 0 Å². The minimum Gasteiger partial charge on any atom is -0.292 e. The molecule has 0 aliphatic rings. The highest BCUT2D eigenvalue weighted by molar-refractivity contribution is 9.10. The molecule has 0 bridgehead atoms. The second kappa shape index (κ2) is 4.21. The van der Waals surface area contributed by atoms with Crippen LogP contribution >= 0.6 is 15.9 Å². The third-order valence-corrected chi connectivity index (χ3v) is 2.83. The monoisotopic (exact) mass is 282 g/mol. The minimum absolute atomic E-state index is 0.0890. The normalized spacial score (nSPS) is 10.7. The Kier molecular flexibility index (Phi) is 2.91. The lowest BCUT2D eigenvalue weighted by Crippen LogP contribution is -2.22. The number of aromatic nitrogens is 4. The average Bonchev–Trinajstić information content (AvgIpc) is 2.53. The summed E-state index contributed by atoms with van der Waals surface area (Å²) in [7, 11) is 1.86. The van der Waals surface area contributed by atoms with Gasteiger partial charge < -0.3 is 0 Å². The molecule has 2 aromatic heterocycles. The molecule has 2 rings (SSSR count). The summed E-state index contributed by atoms with van der Waals surface area (Å²) in [4.78, 5) is 15.7. The van der Waals surface area contributed by atoms with Gasteiger partial charge >= 0.3 is 0 Å². The first-order valence-corrected chi connectivity index (χ1v) is 5.56. The molecule has 0 saturated heterocycles. The lowest BCUT2D eigenvalue weighted by molar-refractivity contribution is 0.642. The zero-order valence-electron chi connectivity index (χ0n) is 9.01. The van der Waals surface area contributed by atoms with Crippen molar-refractivity contribution in [1.29, 1.82) is 0 Å². The van der Waals surface area contributed by atoms with Crippen LogP contribution < -0.4 is 5.56 Å². The van der Waals surface area contributed by atoms with E-state index in [1.807, 2.05) is 20.0 Å². The number of aryl methyl sites for hydroxylation is 2. The molecule has 0 saturated carbocycles. The van der Waals surface area contributed by atoms with Crippen LogP contribution in [0.25, 0.3) is 0 Å². The Morgan fingerprint density at radius 1 is 1.50 bits per heavy atom. The standard InChI is InChI=1S/C10H11BrN4O/c1-7-3-8(14(2)13-7)5-15-6-12-4-9(11)10(15)16/h3-4,6H,5H2,1-2H3. The van der Waals surface area contributed by atoms with Gasteiger partial charge in [0.15, 0.2) is 0 Å². The third kappa shape index (κ3) is 2.06. The van der Waals surface area contributed by atoms with Gasteiger partial charge in [-0.3, -0.25) is 14.0 Å². The summed E-state index contributed by atoms with van der Waals surface area (Å²) in [5.41, 5.74) is 1.82. The van der Waals surface area contributed by atoms with E-state index in [-0.39, 0.29) is 5.56 Å². The molecule has 0 spiro atoms. The summed E-state index contributed by atoms with van der Waals surface area (Å²) in [5, 5.41) is 4.23. The van der Waals surface area contributed by atoms with Crippen molar-refractivity contribution >= 4 is 15.9 Å². The molecule has 6 heteroatoms. The third-order valence-electron chi connectivity index (χ3n) is 2.29. The fraction of sp³-hybridized carbons (Fsp3) is 0.300. The van der Waals surface area contributed by atoms with Gasteiger partial charge in [-0.15, -0.1) is 0 Å². The van der Waals surface area contributed by atoms with Crippen LogP contribution in [0.5, 0.6) is 0 Å². The van der Waals surface area contributed by atoms with E-state index in [4.69, 9.17) is 0 Å². The van der Waals surface area contributed by atoms with Crippen molar-refractivity contribution in [3.05, 3.63) is 44.8 Å². The molecule has 84 valence electrons. The Hall–Kier alpha value is -1.43. The van der Waals surface area contributed by atoms with Gasteiger partial charge in [0.25, 0.3) is 5.56 Å². The number of nitrogens with zero attached hydrogens (tertiary/aromatic N) is 4. The van der Waals surface area contributed by atoms with Crippen molar-refractivity contribution in [2.45, 2.75) is 13.5 Å². The van der Waals surface area contributed by atoms with Crippen molar-refractivity contribution < 1.29 is 0 Å². The van der Waals surface area contributed by atoms with Crippen molar-refractivity contribution in [2.75, 3.05) is 0 Å². The maximum Gasteiger partial charge on any atom is 0.267 e. The second-order valence-corrected chi connectivity index (χ2v) is 4.43. The molecule has 0 fully saturated rings. The van der Waals surface area contributed by atoms with Crippen molar-refractivity contribution in [1.82, 2.24) is 19.3 Å². The average molecular weight is 283 g/mol.